The van der Waals surface area contributed by atoms with Crippen LogP contribution < -0.4 is 5.56 Å². The first-order chi connectivity index (χ1) is 7.77. The Kier molecular flexibility index (Phi) is 3.10. The lowest BCUT2D eigenvalue weighted by molar-refractivity contribution is 0.782. The van der Waals surface area contributed by atoms with Crippen LogP contribution in [-0.4, -0.2) is 14.5 Å². The molecule has 0 radical (unpaired) electrons. The Morgan fingerprint density at radius 2 is 2.19 bits per heavy atom. The average Bonchev–Trinajstić information content (AvgIpc) is 2.32. The van der Waals surface area contributed by atoms with Gasteiger partial charge in [0, 0.05) is 31.8 Å². The van der Waals surface area contributed by atoms with E-state index < -0.39 is 0 Å². The smallest absolute Gasteiger partial charge is 0.271 e. The lowest BCUT2D eigenvalue weighted by atomic mass is 10.1. The molecule has 2 heterocycles. The fourth-order valence-electron chi connectivity index (χ4n) is 1.53. The van der Waals surface area contributed by atoms with Gasteiger partial charge in [-0.05, 0) is 24.5 Å². The molecule has 0 bridgehead atoms. The molecule has 0 amide bonds. The summed E-state index contributed by atoms with van der Waals surface area (Å²) in [5.41, 5.74) is 1.70. The van der Waals surface area contributed by atoms with Gasteiger partial charge in [-0.3, -0.25) is 14.8 Å². The maximum Gasteiger partial charge on any atom is 0.271 e. The van der Waals surface area contributed by atoms with Crippen molar-refractivity contribution in [3.05, 3.63) is 58.5 Å². The number of aromatic nitrogens is 3. The minimum Gasteiger partial charge on any atom is -0.315 e. The number of hydrogen-bond acceptors (Lipinski definition) is 3. The largest absolute Gasteiger partial charge is 0.315 e. The normalized spacial score (nSPS) is 10.3. The van der Waals surface area contributed by atoms with Gasteiger partial charge in [-0.2, -0.15) is 0 Å². The highest BCUT2D eigenvalue weighted by atomic mass is 16.1. The molecule has 16 heavy (non-hydrogen) atoms. The molecular formula is C12H13N3O. The first-order valence-corrected chi connectivity index (χ1v) is 5.17. The maximum atomic E-state index is 11.7. The molecule has 82 valence electrons. The average molecular weight is 215 g/mol. The zero-order valence-electron chi connectivity index (χ0n) is 9.13. The van der Waals surface area contributed by atoms with Crippen LogP contribution in [0.4, 0.5) is 0 Å². The summed E-state index contributed by atoms with van der Waals surface area (Å²) in [7, 11) is 1.73. The van der Waals surface area contributed by atoms with Crippen LogP contribution in [-0.2, 0) is 19.9 Å². The third kappa shape index (κ3) is 2.34. The van der Waals surface area contributed by atoms with Gasteiger partial charge in [-0.1, -0.05) is 6.07 Å². The lowest BCUT2D eigenvalue weighted by Crippen LogP contribution is -2.22. The van der Waals surface area contributed by atoms with Crippen molar-refractivity contribution in [2.75, 3.05) is 0 Å². The standard InChI is InChI=1S/C12H13N3O/c1-15-8-7-14-11(12(15)16)5-4-10-3-2-6-13-9-10/h2-3,6-9H,4-5H2,1H3. The minimum absolute atomic E-state index is 0.0219. The van der Waals surface area contributed by atoms with Crippen molar-refractivity contribution in [2.24, 2.45) is 7.05 Å². The van der Waals surface area contributed by atoms with Gasteiger partial charge in [0.1, 0.15) is 5.69 Å². The summed E-state index contributed by atoms with van der Waals surface area (Å²) in [5.74, 6) is 0. The fourth-order valence-corrected chi connectivity index (χ4v) is 1.53. The first-order valence-electron chi connectivity index (χ1n) is 5.17. The van der Waals surface area contributed by atoms with Crippen LogP contribution >= 0.6 is 0 Å². The highest BCUT2D eigenvalue weighted by molar-refractivity contribution is 5.11. The summed E-state index contributed by atoms with van der Waals surface area (Å²) in [6.45, 7) is 0. The first kappa shape index (κ1) is 10.5. The summed E-state index contributed by atoms with van der Waals surface area (Å²) in [5, 5.41) is 0. The maximum absolute atomic E-state index is 11.7. The van der Waals surface area contributed by atoms with E-state index in [2.05, 4.69) is 9.97 Å². The summed E-state index contributed by atoms with van der Waals surface area (Å²) < 4.78 is 1.55. The van der Waals surface area contributed by atoms with Gasteiger partial charge in [-0.25, -0.2) is 0 Å². The van der Waals surface area contributed by atoms with Gasteiger partial charge in [0.15, 0.2) is 0 Å². The topological polar surface area (TPSA) is 47.8 Å². The summed E-state index contributed by atoms with van der Waals surface area (Å²) >= 11 is 0. The van der Waals surface area contributed by atoms with Crippen LogP contribution in [0.3, 0.4) is 0 Å². The van der Waals surface area contributed by atoms with Crippen LogP contribution in [0.15, 0.2) is 41.7 Å². The highest BCUT2D eigenvalue weighted by Crippen LogP contribution is 2.00. The van der Waals surface area contributed by atoms with E-state index in [0.29, 0.717) is 12.1 Å². The lowest BCUT2D eigenvalue weighted by Gasteiger charge is -2.02. The molecule has 2 rings (SSSR count). The van der Waals surface area contributed by atoms with Gasteiger partial charge < -0.3 is 4.57 Å². The van der Waals surface area contributed by atoms with Crippen LogP contribution in [0.2, 0.25) is 0 Å². The van der Waals surface area contributed by atoms with Crippen LogP contribution in [0.1, 0.15) is 11.3 Å². The molecule has 0 N–H and O–H groups in total. The van der Waals surface area contributed by atoms with Crippen molar-refractivity contribution in [1.82, 2.24) is 14.5 Å². The van der Waals surface area contributed by atoms with E-state index in [0.717, 1.165) is 12.0 Å². The van der Waals surface area contributed by atoms with E-state index >= 15 is 0 Å². The van der Waals surface area contributed by atoms with Gasteiger partial charge in [0.25, 0.3) is 5.56 Å². The Morgan fingerprint density at radius 3 is 2.94 bits per heavy atom. The zero-order valence-corrected chi connectivity index (χ0v) is 9.13. The predicted octanol–water partition coefficient (Wildman–Crippen LogP) is 0.960. The van der Waals surface area contributed by atoms with Crippen molar-refractivity contribution in [1.29, 1.82) is 0 Å². The minimum atomic E-state index is -0.0219. The van der Waals surface area contributed by atoms with Gasteiger partial charge in [-0.15, -0.1) is 0 Å². The Labute approximate surface area is 93.6 Å². The van der Waals surface area contributed by atoms with Crippen molar-refractivity contribution in [3.8, 4) is 0 Å². The van der Waals surface area contributed by atoms with Gasteiger partial charge >= 0.3 is 0 Å². The molecule has 0 atom stereocenters. The Morgan fingerprint density at radius 1 is 1.31 bits per heavy atom. The van der Waals surface area contributed by atoms with Crippen LogP contribution in [0, 0.1) is 0 Å². The van der Waals surface area contributed by atoms with E-state index in [1.165, 1.54) is 0 Å². The summed E-state index contributed by atoms with van der Waals surface area (Å²) in [4.78, 5) is 19.8. The SMILES string of the molecule is Cn1ccnc(CCc2cccnc2)c1=O. The van der Waals surface area contributed by atoms with Crippen molar-refractivity contribution in [2.45, 2.75) is 12.8 Å². The van der Waals surface area contributed by atoms with Crippen molar-refractivity contribution in [3.63, 3.8) is 0 Å². The number of hydrogen-bond donors (Lipinski definition) is 0. The monoisotopic (exact) mass is 215 g/mol. The molecule has 2 aromatic heterocycles. The molecule has 0 aromatic carbocycles. The quantitative estimate of drug-likeness (QED) is 0.766. The second-order valence-corrected chi connectivity index (χ2v) is 3.65. The number of nitrogens with zero attached hydrogens (tertiary/aromatic N) is 3. The molecule has 4 nitrogen and oxygen atoms in total. The van der Waals surface area contributed by atoms with Gasteiger partial charge in [0.2, 0.25) is 0 Å². The molecule has 2 aromatic rings. The summed E-state index contributed by atoms with van der Waals surface area (Å²) in [6.07, 6.45) is 8.31. The van der Waals surface area contributed by atoms with Crippen LogP contribution in [0.5, 0.6) is 0 Å². The van der Waals surface area contributed by atoms with E-state index in [1.807, 2.05) is 18.3 Å². The Balaban J connectivity index is 2.11. The van der Waals surface area contributed by atoms with Crippen molar-refractivity contribution >= 4 is 0 Å². The zero-order chi connectivity index (χ0) is 11.4. The summed E-state index contributed by atoms with van der Waals surface area (Å²) in [6, 6.07) is 3.90. The van der Waals surface area contributed by atoms with Crippen LogP contribution in [0.25, 0.3) is 0 Å². The van der Waals surface area contributed by atoms with E-state index in [1.54, 1.807) is 30.2 Å². The molecule has 0 spiro atoms. The second kappa shape index (κ2) is 4.70. The molecular weight excluding hydrogens is 202 g/mol. The molecule has 0 aliphatic heterocycles. The Bertz CT molecular complexity index is 519. The van der Waals surface area contributed by atoms with E-state index in [4.69, 9.17) is 0 Å². The third-order valence-corrected chi connectivity index (χ3v) is 2.46. The number of pyridine rings is 1. The molecule has 0 saturated heterocycles. The molecule has 0 unspecified atom stereocenters. The van der Waals surface area contributed by atoms with Crippen molar-refractivity contribution < 1.29 is 0 Å². The Hall–Kier alpha value is -1.97. The fraction of sp³-hybridized carbons (Fsp3) is 0.250. The number of aryl methyl sites for hydroxylation is 3. The molecule has 4 heteroatoms. The second-order valence-electron chi connectivity index (χ2n) is 3.65. The number of rotatable bonds is 3. The van der Waals surface area contributed by atoms with Gasteiger partial charge in [0.05, 0.1) is 0 Å². The molecule has 0 aliphatic carbocycles. The molecule has 0 fully saturated rings. The highest BCUT2D eigenvalue weighted by Gasteiger charge is 2.02. The van der Waals surface area contributed by atoms with E-state index in [9.17, 15) is 4.79 Å². The van der Waals surface area contributed by atoms with E-state index in [-0.39, 0.29) is 5.56 Å². The predicted molar refractivity (Wildman–Crippen MR) is 61.1 cm³/mol. The molecule has 0 aliphatic rings. The molecule has 0 saturated carbocycles. The third-order valence-electron chi connectivity index (χ3n) is 2.46.